The van der Waals surface area contributed by atoms with Crippen LogP contribution in [0.4, 0.5) is 10.1 Å². The number of amidine groups is 2. The third-order valence-electron chi connectivity index (χ3n) is 5.84. The number of hydrogen-bond acceptors (Lipinski definition) is 5. The fraction of sp³-hybridized carbons (Fsp3) is 0.185. The van der Waals surface area contributed by atoms with E-state index in [-0.39, 0.29) is 24.1 Å². The number of carbonyl (C=O) groups excluding carboxylic acids is 2. The first kappa shape index (κ1) is 23.0. The molecule has 2 aliphatic rings. The van der Waals surface area contributed by atoms with Gasteiger partial charge in [-0.25, -0.2) is 14.3 Å². The fourth-order valence-electron chi connectivity index (χ4n) is 4.00. The highest BCUT2D eigenvalue weighted by Gasteiger charge is 2.41. The Morgan fingerprint density at radius 1 is 1.00 bits per heavy atom. The summed E-state index contributed by atoms with van der Waals surface area (Å²) >= 11 is 1.30. The molecule has 6 nitrogen and oxygen atoms in total. The molecule has 0 fully saturated rings. The summed E-state index contributed by atoms with van der Waals surface area (Å²) in [6.45, 7) is 0.440. The summed E-state index contributed by atoms with van der Waals surface area (Å²) in [6, 6.07) is 23.1. The van der Waals surface area contributed by atoms with Gasteiger partial charge in [0.25, 0.3) is 5.91 Å². The maximum atomic E-state index is 14.1. The van der Waals surface area contributed by atoms with E-state index >= 15 is 0 Å². The maximum Gasteiger partial charge on any atom is 0.259 e. The van der Waals surface area contributed by atoms with E-state index in [9.17, 15) is 14.0 Å². The number of thioether (sulfide) groups is 1. The average Bonchev–Trinajstić information content (AvgIpc) is 3.23. The Kier molecular flexibility index (Phi) is 6.72. The van der Waals surface area contributed by atoms with Gasteiger partial charge in [-0.2, -0.15) is 0 Å². The number of nitrogens with one attached hydrogen (secondary N) is 1. The number of hydrogen-bond donors (Lipinski definition) is 1. The zero-order chi connectivity index (χ0) is 24.2. The number of rotatable bonds is 7. The molecule has 2 heterocycles. The van der Waals surface area contributed by atoms with Crippen LogP contribution in [0, 0.1) is 5.82 Å². The van der Waals surface area contributed by atoms with Crippen molar-refractivity contribution in [2.24, 2.45) is 9.98 Å². The standard InChI is InChI=1S/C27H23FN4O2S/c28-21-12-6-4-10-19(21)17-35-27-31-22-13-7-5-11-20(22)25-30-23(26(34)32(25)27)14-15-24(33)29-16-18-8-2-1-3-9-18/h1-13,23H,14-17H2,(H,29,33). The molecule has 0 bridgehead atoms. The van der Waals surface area contributed by atoms with E-state index in [1.165, 1.54) is 22.7 Å². The van der Waals surface area contributed by atoms with Gasteiger partial charge in [-0.15, -0.1) is 0 Å². The lowest BCUT2D eigenvalue weighted by atomic mass is 10.1. The molecule has 0 aromatic heterocycles. The van der Waals surface area contributed by atoms with Crippen LogP contribution in [0.2, 0.25) is 0 Å². The van der Waals surface area contributed by atoms with E-state index in [4.69, 9.17) is 4.99 Å². The summed E-state index contributed by atoms with van der Waals surface area (Å²) in [6.07, 6.45) is 0.483. The number of amides is 2. The first-order valence-electron chi connectivity index (χ1n) is 11.4. The van der Waals surface area contributed by atoms with Crippen molar-refractivity contribution in [3.63, 3.8) is 0 Å². The molecule has 1 N–H and O–H groups in total. The number of fused-ring (bicyclic) bond motifs is 3. The van der Waals surface area contributed by atoms with Crippen molar-refractivity contribution >= 4 is 40.3 Å². The van der Waals surface area contributed by atoms with Gasteiger partial charge in [-0.3, -0.25) is 14.6 Å². The van der Waals surface area contributed by atoms with Gasteiger partial charge < -0.3 is 5.32 Å². The number of benzene rings is 3. The highest BCUT2D eigenvalue weighted by atomic mass is 32.2. The SMILES string of the molecule is O=C(CCC1N=C2c3ccccc3N=C(SCc3ccccc3F)N2C1=O)NCc1ccccc1. The molecule has 1 atom stereocenters. The van der Waals surface area contributed by atoms with Gasteiger partial charge in [0.1, 0.15) is 17.7 Å². The Morgan fingerprint density at radius 2 is 1.74 bits per heavy atom. The number of nitrogens with zero attached hydrogens (tertiary/aromatic N) is 3. The molecule has 8 heteroatoms. The van der Waals surface area contributed by atoms with Crippen LogP contribution < -0.4 is 5.32 Å². The molecule has 0 spiro atoms. The van der Waals surface area contributed by atoms with Crippen molar-refractivity contribution in [3.05, 3.63) is 101 Å². The summed E-state index contributed by atoms with van der Waals surface area (Å²) in [7, 11) is 0. The van der Waals surface area contributed by atoms with Gasteiger partial charge in [0, 0.05) is 24.3 Å². The molecule has 2 amide bonds. The van der Waals surface area contributed by atoms with E-state index in [1.54, 1.807) is 18.2 Å². The van der Waals surface area contributed by atoms with E-state index in [0.717, 1.165) is 11.1 Å². The van der Waals surface area contributed by atoms with Gasteiger partial charge in [0.15, 0.2) is 5.17 Å². The zero-order valence-corrected chi connectivity index (χ0v) is 19.7. The minimum absolute atomic E-state index is 0.130. The Hall–Kier alpha value is -3.78. The number of halogens is 1. The average molecular weight is 487 g/mol. The van der Waals surface area contributed by atoms with Crippen LogP contribution in [0.3, 0.4) is 0 Å². The minimum Gasteiger partial charge on any atom is -0.352 e. The summed E-state index contributed by atoms with van der Waals surface area (Å²) in [5.41, 5.74) is 3.04. The predicted molar refractivity (Wildman–Crippen MR) is 136 cm³/mol. The van der Waals surface area contributed by atoms with Gasteiger partial charge in [-0.1, -0.05) is 72.4 Å². The molecule has 3 aromatic rings. The van der Waals surface area contributed by atoms with Crippen molar-refractivity contribution in [1.29, 1.82) is 0 Å². The molecule has 5 rings (SSSR count). The number of carbonyl (C=O) groups is 2. The van der Waals surface area contributed by atoms with E-state index in [2.05, 4.69) is 10.3 Å². The maximum absolute atomic E-state index is 14.1. The van der Waals surface area contributed by atoms with Crippen molar-refractivity contribution in [2.45, 2.75) is 31.2 Å². The van der Waals surface area contributed by atoms with Crippen LogP contribution >= 0.6 is 11.8 Å². The van der Waals surface area contributed by atoms with Gasteiger partial charge in [-0.05, 0) is 35.7 Å². The minimum atomic E-state index is -0.669. The highest BCUT2D eigenvalue weighted by molar-refractivity contribution is 8.13. The van der Waals surface area contributed by atoms with Gasteiger partial charge in [0.05, 0.1) is 5.69 Å². The van der Waals surface area contributed by atoms with E-state index in [0.29, 0.717) is 41.0 Å². The first-order valence-corrected chi connectivity index (χ1v) is 12.4. The lowest BCUT2D eigenvalue weighted by molar-refractivity contribution is -0.125. The lowest BCUT2D eigenvalue weighted by Crippen LogP contribution is -2.41. The Labute approximate surface area is 207 Å². The van der Waals surface area contributed by atoms with Crippen LogP contribution in [-0.4, -0.2) is 33.8 Å². The number of para-hydroxylation sites is 1. The molecule has 176 valence electrons. The van der Waals surface area contributed by atoms with Crippen molar-refractivity contribution in [1.82, 2.24) is 10.2 Å². The Balaban J connectivity index is 1.29. The summed E-state index contributed by atoms with van der Waals surface area (Å²) < 4.78 is 14.1. The van der Waals surface area contributed by atoms with Crippen LogP contribution in [0.15, 0.2) is 88.8 Å². The summed E-state index contributed by atoms with van der Waals surface area (Å²) in [5.74, 6) is 0.223. The Bertz CT molecular complexity index is 1330. The second-order valence-electron chi connectivity index (χ2n) is 8.23. The molecule has 0 saturated carbocycles. The summed E-state index contributed by atoms with van der Waals surface area (Å²) in [5, 5.41) is 3.36. The van der Waals surface area contributed by atoms with Crippen molar-refractivity contribution < 1.29 is 14.0 Å². The zero-order valence-electron chi connectivity index (χ0n) is 18.9. The largest absolute Gasteiger partial charge is 0.352 e. The highest BCUT2D eigenvalue weighted by Crippen LogP contribution is 2.35. The smallest absolute Gasteiger partial charge is 0.259 e. The van der Waals surface area contributed by atoms with Gasteiger partial charge in [0.2, 0.25) is 5.91 Å². The summed E-state index contributed by atoms with van der Waals surface area (Å²) in [4.78, 5) is 36.6. The molecule has 0 aliphatic carbocycles. The number of aliphatic imine (C=N–C) groups is 2. The second-order valence-corrected chi connectivity index (χ2v) is 9.18. The third kappa shape index (κ3) is 5.02. The van der Waals surface area contributed by atoms with Crippen LogP contribution in [-0.2, 0) is 21.9 Å². The van der Waals surface area contributed by atoms with E-state index < -0.39 is 6.04 Å². The lowest BCUT2D eigenvalue weighted by Gasteiger charge is -2.25. The normalized spacial score (nSPS) is 16.3. The predicted octanol–water partition coefficient (Wildman–Crippen LogP) is 4.81. The van der Waals surface area contributed by atoms with E-state index in [1.807, 2.05) is 54.6 Å². The topological polar surface area (TPSA) is 74.1 Å². The molecular formula is C27H23FN4O2S. The van der Waals surface area contributed by atoms with Crippen molar-refractivity contribution in [2.75, 3.05) is 0 Å². The molecular weight excluding hydrogens is 463 g/mol. The van der Waals surface area contributed by atoms with Gasteiger partial charge >= 0.3 is 0 Å². The molecule has 3 aromatic carbocycles. The molecule has 0 radical (unpaired) electrons. The molecule has 1 unspecified atom stereocenters. The van der Waals surface area contributed by atoms with Crippen LogP contribution in [0.25, 0.3) is 0 Å². The second kappa shape index (κ2) is 10.2. The van der Waals surface area contributed by atoms with Crippen LogP contribution in [0.1, 0.15) is 29.5 Å². The van der Waals surface area contributed by atoms with Crippen LogP contribution in [0.5, 0.6) is 0 Å². The third-order valence-corrected chi connectivity index (χ3v) is 6.83. The quantitative estimate of drug-likeness (QED) is 0.521. The monoisotopic (exact) mass is 486 g/mol. The fourth-order valence-corrected chi connectivity index (χ4v) is 4.98. The molecule has 35 heavy (non-hydrogen) atoms. The van der Waals surface area contributed by atoms with Crippen molar-refractivity contribution in [3.8, 4) is 0 Å². The first-order chi connectivity index (χ1) is 17.1. The Morgan fingerprint density at radius 3 is 2.57 bits per heavy atom. The molecule has 0 saturated heterocycles. The molecule has 2 aliphatic heterocycles.